The van der Waals surface area contributed by atoms with Crippen LogP contribution in [0.4, 0.5) is 0 Å². The molecule has 23 heavy (non-hydrogen) atoms. The normalized spacial score (nSPS) is 12.6. The highest BCUT2D eigenvalue weighted by Gasteiger charge is 2.17. The van der Waals surface area contributed by atoms with Gasteiger partial charge in [0.2, 0.25) is 5.91 Å². The summed E-state index contributed by atoms with van der Waals surface area (Å²) in [5.74, 6) is -0.291. The smallest absolute Gasteiger partial charge is 0.258 e. The van der Waals surface area contributed by atoms with Crippen LogP contribution in [0.3, 0.4) is 0 Å². The summed E-state index contributed by atoms with van der Waals surface area (Å²) in [5, 5.41) is 8.46. The molecule has 0 spiro atoms. The van der Waals surface area contributed by atoms with Gasteiger partial charge in [0.05, 0.1) is 0 Å². The van der Waals surface area contributed by atoms with Crippen LogP contribution in [0.2, 0.25) is 0 Å². The van der Waals surface area contributed by atoms with Crippen LogP contribution in [0, 0.1) is 20.8 Å². The van der Waals surface area contributed by atoms with Gasteiger partial charge in [-0.2, -0.15) is 0 Å². The van der Waals surface area contributed by atoms with E-state index in [0.29, 0.717) is 12.8 Å². The average Bonchev–Trinajstić information content (AvgIpc) is 2.45. The Morgan fingerprint density at radius 2 is 1.52 bits per heavy atom. The molecule has 0 heterocycles. The molecule has 1 rings (SSSR count). The Kier molecular flexibility index (Phi) is 8.95. The SMILES string of the molecule is CC[C@@H](O)C(N)=O.CC[C@H](Oc1c(C)cc(C)cc1C)C(N)=O. The van der Waals surface area contributed by atoms with E-state index in [0.717, 1.165) is 16.9 Å². The predicted molar refractivity (Wildman–Crippen MR) is 90.0 cm³/mol. The third-order valence-corrected chi connectivity index (χ3v) is 3.27. The lowest BCUT2D eigenvalue weighted by Gasteiger charge is -2.18. The zero-order chi connectivity index (χ0) is 18.2. The number of aliphatic hydroxyl groups is 1. The average molecular weight is 324 g/mol. The highest BCUT2D eigenvalue weighted by atomic mass is 16.5. The number of aliphatic hydroxyl groups excluding tert-OH is 1. The fourth-order valence-electron chi connectivity index (χ4n) is 2.04. The van der Waals surface area contributed by atoms with Crippen molar-refractivity contribution in [3.05, 3.63) is 28.8 Å². The van der Waals surface area contributed by atoms with Crippen LogP contribution < -0.4 is 16.2 Å². The molecule has 0 fully saturated rings. The molecule has 2 amide bonds. The van der Waals surface area contributed by atoms with Crippen molar-refractivity contribution in [2.45, 2.75) is 59.7 Å². The molecule has 0 radical (unpaired) electrons. The summed E-state index contributed by atoms with van der Waals surface area (Å²) in [6, 6.07) is 4.08. The summed E-state index contributed by atoms with van der Waals surface area (Å²) in [6.45, 7) is 9.56. The number of carbonyl (C=O) groups is 2. The number of ether oxygens (including phenoxy) is 1. The summed E-state index contributed by atoms with van der Waals surface area (Å²) >= 11 is 0. The summed E-state index contributed by atoms with van der Waals surface area (Å²) in [6.07, 6.45) is -0.516. The highest BCUT2D eigenvalue weighted by molar-refractivity contribution is 5.79. The number of rotatable bonds is 6. The predicted octanol–water partition coefficient (Wildman–Crippen LogP) is 1.50. The highest BCUT2D eigenvalue weighted by Crippen LogP contribution is 2.26. The second-order valence-corrected chi connectivity index (χ2v) is 5.47. The number of primary amides is 2. The lowest BCUT2D eigenvalue weighted by atomic mass is 10.1. The molecule has 1 aromatic carbocycles. The lowest BCUT2D eigenvalue weighted by molar-refractivity contribution is -0.126. The molecule has 0 aromatic heterocycles. The zero-order valence-electron chi connectivity index (χ0n) is 14.6. The van der Waals surface area contributed by atoms with Gasteiger partial charge < -0.3 is 21.3 Å². The molecule has 0 aliphatic heterocycles. The maximum atomic E-state index is 11.1. The van der Waals surface area contributed by atoms with Gasteiger partial charge in [0.15, 0.2) is 6.10 Å². The van der Waals surface area contributed by atoms with Crippen molar-refractivity contribution in [3.8, 4) is 5.75 Å². The van der Waals surface area contributed by atoms with Gasteiger partial charge in [-0.05, 0) is 44.7 Å². The van der Waals surface area contributed by atoms with Crippen LogP contribution in [-0.4, -0.2) is 29.1 Å². The topological polar surface area (TPSA) is 116 Å². The number of amides is 2. The maximum absolute atomic E-state index is 11.1. The molecule has 2 atom stereocenters. The maximum Gasteiger partial charge on any atom is 0.258 e. The molecule has 0 aliphatic rings. The van der Waals surface area contributed by atoms with E-state index in [1.165, 1.54) is 5.56 Å². The Morgan fingerprint density at radius 3 is 1.78 bits per heavy atom. The van der Waals surface area contributed by atoms with E-state index in [1.54, 1.807) is 6.92 Å². The van der Waals surface area contributed by atoms with Crippen molar-refractivity contribution in [1.82, 2.24) is 0 Å². The van der Waals surface area contributed by atoms with E-state index in [-0.39, 0.29) is 0 Å². The van der Waals surface area contributed by atoms with Crippen LogP contribution in [0.5, 0.6) is 5.75 Å². The second kappa shape index (κ2) is 9.84. The first-order valence-corrected chi connectivity index (χ1v) is 7.65. The van der Waals surface area contributed by atoms with Crippen LogP contribution in [0.15, 0.2) is 12.1 Å². The molecule has 6 nitrogen and oxygen atoms in total. The van der Waals surface area contributed by atoms with Gasteiger partial charge in [-0.3, -0.25) is 9.59 Å². The third-order valence-electron chi connectivity index (χ3n) is 3.27. The number of benzene rings is 1. The minimum Gasteiger partial charge on any atom is -0.480 e. The first-order chi connectivity index (χ1) is 10.6. The fraction of sp³-hybridized carbons (Fsp3) is 0.529. The van der Waals surface area contributed by atoms with Gasteiger partial charge in [-0.1, -0.05) is 31.5 Å². The second-order valence-electron chi connectivity index (χ2n) is 5.47. The van der Waals surface area contributed by atoms with Crippen molar-refractivity contribution < 1.29 is 19.4 Å². The van der Waals surface area contributed by atoms with Crippen LogP contribution >= 0.6 is 0 Å². The van der Waals surface area contributed by atoms with Gasteiger partial charge in [0.25, 0.3) is 5.91 Å². The Labute approximate surface area is 137 Å². The molecule has 0 unspecified atom stereocenters. The van der Waals surface area contributed by atoms with Crippen LogP contribution in [0.25, 0.3) is 0 Å². The molecular weight excluding hydrogens is 296 g/mol. The first-order valence-electron chi connectivity index (χ1n) is 7.65. The summed E-state index contributed by atoms with van der Waals surface area (Å²) in [5.41, 5.74) is 13.2. The molecule has 0 saturated carbocycles. The van der Waals surface area contributed by atoms with E-state index >= 15 is 0 Å². The third kappa shape index (κ3) is 7.15. The van der Waals surface area contributed by atoms with Crippen molar-refractivity contribution in [1.29, 1.82) is 0 Å². The Balaban J connectivity index is 0.000000585. The van der Waals surface area contributed by atoms with Gasteiger partial charge in [-0.15, -0.1) is 0 Å². The number of hydrogen-bond donors (Lipinski definition) is 3. The Hall–Kier alpha value is -2.08. The fourth-order valence-corrected chi connectivity index (χ4v) is 2.04. The minimum atomic E-state index is -0.958. The standard InChI is InChI=1S/C13H19NO2.C4H9NO2/c1-5-11(13(14)15)16-12-9(3)6-8(2)7-10(12)4;1-2-3(6)4(5)7/h6-7,11H,5H2,1-4H3,(H2,14,15);3,6H,2H2,1H3,(H2,5,7)/t11-;3-/m01/s1. The molecule has 6 heteroatoms. The van der Waals surface area contributed by atoms with Crippen molar-refractivity contribution in [3.63, 3.8) is 0 Å². The molecule has 0 aliphatic carbocycles. The van der Waals surface area contributed by atoms with Gasteiger partial charge in [0, 0.05) is 0 Å². The van der Waals surface area contributed by atoms with Gasteiger partial charge in [-0.25, -0.2) is 0 Å². The van der Waals surface area contributed by atoms with Gasteiger partial charge in [0.1, 0.15) is 11.9 Å². The van der Waals surface area contributed by atoms with E-state index in [4.69, 9.17) is 15.6 Å². The Morgan fingerprint density at radius 1 is 1.04 bits per heavy atom. The van der Waals surface area contributed by atoms with E-state index < -0.39 is 24.0 Å². The van der Waals surface area contributed by atoms with Crippen molar-refractivity contribution >= 4 is 11.8 Å². The zero-order valence-corrected chi connectivity index (χ0v) is 14.6. The quantitative estimate of drug-likeness (QED) is 0.735. The van der Waals surface area contributed by atoms with E-state index in [9.17, 15) is 9.59 Å². The van der Waals surface area contributed by atoms with Gasteiger partial charge >= 0.3 is 0 Å². The van der Waals surface area contributed by atoms with Crippen molar-refractivity contribution in [2.75, 3.05) is 0 Å². The molecule has 130 valence electrons. The number of carbonyl (C=O) groups excluding carboxylic acids is 2. The largest absolute Gasteiger partial charge is 0.480 e. The first kappa shape index (κ1) is 20.9. The molecule has 1 aromatic rings. The summed E-state index contributed by atoms with van der Waals surface area (Å²) in [7, 11) is 0. The molecule has 0 saturated heterocycles. The monoisotopic (exact) mass is 324 g/mol. The number of aryl methyl sites for hydroxylation is 3. The Bertz CT molecular complexity index is 520. The summed E-state index contributed by atoms with van der Waals surface area (Å²) in [4.78, 5) is 21.0. The van der Waals surface area contributed by atoms with Crippen molar-refractivity contribution in [2.24, 2.45) is 11.5 Å². The van der Waals surface area contributed by atoms with Crippen LogP contribution in [-0.2, 0) is 9.59 Å². The minimum absolute atomic E-state index is 0.398. The van der Waals surface area contributed by atoms with E-state index in [2.05, 4.69) is 5.73 Å². The van der Waals surface area contributed by atoms with Crippen LogP contribution in [0.1, 0.15) is 43.4 Å². The molecule has 5 N–H and O–H groups in total. The number of nitrogens with two attached hydrogens (primary N) is 2. The molecule has 0 bridgehead atoms. The summed E-state index contributed by atoms with van der Waals surface area (Å²) < 4.78 is 5.67. The lowest BCUT2D eigenvalue weighted by Crippen LogP contribution is -2.33. The van der Waals surface area contributed by atoms with E-state index in [1.807, 2.05) is 39.8 Å². The number of hydrogen-bond acceptors (Lipinski definition) is 4. The molecular formula is C17H28N2O4.